The summed E-state index contributed by atoms with van der Waals surface area (Å²) in [7, 11) is 0. The standard InChI is InChI=1S/C112H92BN3O2/c1-109(2,3)77-34-22-30-70(60-77)84-45-26-46-85(71-31-23-35-78(61-71)110(4,5)6)107(84)115-96-58-55-74(82-43-28-52-102-104(82)89-41-17-20-50-100(89)117-102)65-92(96)113-93-66-75(83-44-29-53-103-105(83)90-42-18-21-51-101(90)118-103)56-59-97(93)116(108-86(72-32-24-36-79(62-72)111(7,8)9)47-27-48-87(108)73-33-25-37-80(63-73)112(10,11)12)99-68-76(67-98(115)106(99)113)69-54-57-95-91(64-69)88-40-16-19-49-94(88)114(95)81-38-14-13-15-39-81/h13-68H,1-12H3. The molecule has 16 aromatic carbocycles. The Morgan fingerprint density at radius 3 is 1.02 bits per heavy atom. The topological polar surface area (TPSA) is 37.7 Å². The fourth-order valence-corrected chi connectivity index (χ4v) is 19.1. The normalized spacial score (nSPS) is 13.0. The molecule has 3 aromatic heterocycles. The summed E-state index contributed by atoms with van der Waals surface area (Å²) in [5, 5.41) is 6.74. The van der Waals surface area contributed by atoms with Crippen LogP contribution in [-0.4, -0.2) is 11.3 Å². The molecule has 5 nitrogen and oxygen atoms in total. The van der Waals surface area contributed by atoms with E-state index >= 15 is 0 Å². The Hall–Kier alpha value is -13.4. The molecule has 0 amide bonds. The smallest absolute Gasteiger partial charge is 0.252 e. The average molecular weight is 1520 g/mol. The molecule has 570 valence electrons. The van der Waals surface area contributed by atoms with Crippen LogP contribution in [0.3, 0.4) is 0 Å². The summed E-state index contributed by atoms with van der Waals surface area (Å²) in [5.41, 5.74) is 37.2. The predicted molar refractivity (Wildman–Crippen MR) is 502 cm³/mol. The molecule has 0 spiro atoms. The predicted octanol–water partition coefficient (Wildman–Crippen LogP) is 29.5. The Bertz CT molecular complexity index is 6820. The summed E-state index contributed by atoms with van der Waals surface area (Å²) >= 11 is 0. The molecule has 2 aliphatic rings. The number of fused-ring (bicyclic) bond motifs is 13. The monoisotopic (exact) mass is 1520 g/mol. The summed E-state index contributed by atoms with van der Waals surface area (Å²) in [6.45, 7) is 27.6. The van der Waals surface area contributed by atoms with Crippen LogP contribution in [0.15, 0.2) is 349 Å². The van der Waals surface area contributed by atoms with Crippen LogP contribution in [0.1, 0.15) is 105 Å². The van der Waals surface area contributed by atoms with Gasteiger partial charge in [-0.05, 0) is 195 Å². The molecule has 2 aliphatic heterocycles. The number of benzene rings is 16. The van der Waals surface area contributed by atoms with Gasteiger partial charge in [0.25, 0.3) is 6.71 Å². The van der Waals surface area contributed by atoms with Crippen LogP contribution in [0.5, 0.6) is 0 Å². The fraction of sp³-hybridized carbons (Fsp3) is 0.143. The number of rotatable bonds is 10. The molecule has 0 saturated carbocycles. The molecule has 0 unspecified atom stereocenters. The minimum absolute atomic E-state index is 0.148. The summed E-state index contributed by atoms with van der Waals surface area (Å²) in [6, 6.07) is 129. The van der Waals surface area contributed by atoms with E-state index in [1.54, 1.807) is 0 Å². The third-order valence-corrected chi connectivity index (χ3v) is 25.2. The SMILES string of the molecule is CC(C)(C)c1cccc(-c2cccc(-c3cccc(C(C)(C)C)c3)c2N2c3ccc(-c4cccc5oc6ccccc6c45)cc3B3c4cc(-c5cccc6oc7ccccc7c56)ccc4N(c4c(-c5cccc(C(C)(C)C)c5)cccc4-c4cccc(C(C)(C)C)c4)c4cc(-c5ccc6c(c5)c5ccccc5n6-c5ccccc5)cc2c43)c1. The van der Waals surface area contributed by atoms with Gasteiger partial charge in [0.2, 0.25) is 0 Å². The number of furan rings is 2. The molecule has 0 fully saturated rings. The summed E-state index contributed by atoms with van der Waals surface area (Å²) in [6.07, 6.45) is 0. The summed E-state index contributed by atoms with van der Waals surface area (Å²) < 4.78 is 16.1. The Morgan fingerprint density at radius 1 is 0.237 bits per heavy atom. The molecule has 0 N–H and O–H groups in total. The number of nitrogens with zero attached hydrogens (tertiary/aromatic N) is 3. The Balaban J connectivity index is 0.959. The van der Waals surface area contributed by atoms with Crippen molar-refractivity contribution in [2.75, 3.05) is 9.80 Å². The van der Waals surface area contributed by atoms with E-state index in [9.17, 15) is 0 Å². The quantitative estimate of drug-likeness (QED) is 0.128. The highest BCUT2D eigenvalue weighted by molar-refractivity contribution is 7.00. The molecule has 6 heteroatoms. The number of aromatic nitrogens is 1. The van der Waals surface area contributed by atoms with Crippen LogP contribution in [0.4, 0.5) is 34.1 Å². The first kappa shape index (κ1) is 72.3. The van der Waals surface area contributed by atoms with Gasteiger partial charge in [-0.15, -0.1) is 0 Å². The van der Waals surface area contributed by atoms with Gasteiger partial charge in [-0.3, -0.25) is 0 Å². The fourth-order valence-electron chi connectivity index (χ4n) is 19.1. The second-order valence-electron chi connectivity index (χ2n) is 36.8. The van der Waals surface area contributed by atoms with Crippen LogP contribution in [0.2, 0.25) is 0 Å². The van der Waals surface area contributed by atoms with Crippen molar-refractivity contribution in [3.05, 3.63) is 362 Å². The molecule has 5 heterocycles. The van der Waals surface area contributed by atoms with E-state index in [4.69, 9.17) is 8.83 Å². The zero-order valence-electron chi connectivity index (χ0n) is 69.1. The van der Waals surface area contributed by atoms with E-state index in [2.05, 4.69) is 437 Å². The molecule has 0 radical (unpaired) electrons. The van der Waals surface area contributed by atoms with Gasteiger partial charge in [-0.25, -0.2) is 0 Å². The van der Waals surface area contributed by atoms with E-state index in [0.29, 0.717) is 0 Å². The van der Waals surface area contributed by atoms with Crippen molar-refractivity contribution in [2.45, 2.75) is 105 Å². The second-order valence-corrected chi connectivity index (χ2v) is 36.8. The van der Waals surface area contributed by atoms with E-state index in [1.165, 1.54) is 49.4 Å². The van der Waals surface area contributed by atoms with E-state index in [-0.39, 0.29) is 28.4 Å². The molecular formula is C112H92BN3O2. The maximum absolute atomic E-state index is 6.81. The highest BCUT2D eigenvalue weighted by atomic mass is 16.3. The van der Waals surface area contributed by atoms with Crippen molar-refractivity contribution < 1.29 is 8.83 Å². The maximum atomic E-state index is 6.81. The van der Waals surface area contributed by atoms with Crippen molar-refractivity contribution in [3.8, 4) is 83.6 Å². The highest BCUT2D eigenvalue weighted by Gasteiger charge is 2.46. The van der Waals surface area contributed by atoms with Crippen molar-refractivity contribution in [3.63, 3.8) is 0 Å². The van der Waals surface area contributed by atoms with E-state index in [0.717, 1.165) is 173 Å². The van der Waals surface area contributed by atoms with Crippen LogP contribution in [-0.2, 0) is 21.7 Å². The van der Waals surface area contributed by atoms with Crippen molar-refractivity contribution >= 4 is 123 Å². The van der Waals surface area contributed by atoms with E-state index < -0.39 is 0 Å². The number of hydrogen-bond donors (Lipinski definition) is 0. The summed E-state index contributed by atoms with van der Waals surface area (Å²) in [5.74, 6) is 0. The molecule has 0 saturated heterocycles. The lowest BCUT2D eigenvalue weighted by molar-refractivity contribution is 0.590. The van der Waals surface area contributed by atoms with Gasteiger partial charge in [-0.2, -0.15) is 0 Å². The number of para-hydroxylation sites is 6. The Morgan fingerprint density at radius 2 is 0.585 bits per heavy atom. The van der Waals surface area contributed by atoms with Gasteiger partial charge in [-0.1, -0.05) is 344 Å². The van der Waals surface area contributed by atoms with Crippen molar-refractivity contribution in [2.24, 2.45) is 0 Å². The van der Waals surface area contributed by atoms with Gasteiger partial charge >= 0.3 is 0 Å². The number of hydrogen-bond acceptors (Lipinski definition) is 4. The lowest BCUT2D eigenvalue weighted by Crippen LogP contribution is -2.61. The lowest BCUT2D eigenvalue weighted by Gasteiger charge is -2.46. The first-order valence-corrected chi connectivity index (χ1v) is 41.7. The number of anilines is 6. The molecule has 118 heavy (non-hydrogen) atoms. The highest BCUT2D eigenvalue weighted by Crippen LogP contribution is 2.56. The molecule has 0 atom stereocenters. The molecule has 19 aromatic rings. The zero-order valence-corrected chi connectivity index (χ0v) is 69.1. The van der Waals surface area contributed by atoms with E-state index in [1.807, 2.05) is 0 Å². The lowest BCUT2D eigenvalue weighted by atomic mass is 9.33. The van der Waals surface area contributed by atoms with Gasteiger partial charge in [0.1, 0.15) is 22.3 Å². The summed E-state index contributed by atoms with van der Waals surface area (Å²) in [4.78, 5) is 5.45. The molecular weight excluding hydrogens is 1430 g/mol. The van der Waals surface area contributed by atoms with Gasteiger partial charge in [0.15, 0.2) is 0 Å². The third-order valence-electron chi connectivity index (χ3n) is 25.2. The zero-order chi connectivity index (χ0) is 80.4. The third kappa shape index (κ3) is 11.9. The molecule has 0 bridgehead atoms. The largest absolute Gasteiger partial charge is 0.456 e. The second kappa shape index (κ2) is 27.1. The Kier molecular flexibility index (Phi) is 16.6. The first-order valence-electron chi connectivity index (χ1n) is 41.7. The van der Waals surface area contributed by atoms with Gasteiger partial charge in [0, 0.05) is 83.0 Å². The maximum Gasteiger partial charge on any atom is 0.252 e. The van der Waals surface area contributed by atoms with Crippen LogP contribution in [0.25, 0.3) is 149 Å². The first-order chi connectivity index (χ1) is 57.1. The minimum Gasteiger partial charge on any atom is -0.456 e. The minimum atomic E-state index is -0.378. The van der Waals surface area contributed by atoms with Crippen LogP contribution in [0, 0.1) is 0 Å². The molecule has 0 aliphatic carbocycles. The van der Waals surface area contributed by atoms with Crippen LogP contribution >= 0.6 is 0 Å². The Labute approximate surface area is 691 Å². The van der Waals surface area contributed by atoms with Crippen LogP contribution < -0.4 is 26.2 Å². The molecule has 21 rings (SSSR count). The van der Waals surface area contributed by atoms with Gasteiger partial charge in [0.05, 0.1) is 22.4 Å². The average Bonchev–Trinajstić information content (AvgIpc) is 0.885. The van der Waals surface area contributed by atoms with Gasteiger partial charge < -0.3 is 23.2 Å². The van der Waals surface area contributed by atoms with Crippen molar-refractivity contribution in [1.29, 1.82) is 0 Å². The van der Waals surface area contributed by atoms with Crippen molar-refractivity contribution in [1.82, 2.24) is 4.57 Å².